The molecule has 0 spiro atoms. The van der Waals surface area contributed by atoms with E-state index < -0.39 is 0 Å². The van der Waals surface area contributed by atoms with Crippen LogP contribution in [0.15, 0.2) is 52.5 Å². The van der Waals surface area contributed by atoms with E-state index in [1.807, 2.05) is 36.4 Å². The molecule has 0 aliphatic carbocycles. The van der Waals surface area contributed by atoms with Crippen LogP contribution in [0.2, 0.25) is 0 Å². The van der Waals surface area contributed by atoms with Crippen LogP contribution in [0.5, 0.6) is 0 Å². The lowest BCUT2D eigenvalue weighted by atomic mass is 10.3. The number of nitrogens with two attached hydrogens (primary N) is 1. The highest BCUT2D eigenvalue weighted by Gasteiger charge is 1.97. The van der Waals surface area contributed by atoms with Gasteiger partial charge in [0.05, 0.1) is 0 Å². The minimum atomic E-state index is 0.772. The van der Waals surface area contributed by atoms with Gasteiger partial charge in [0.1, 0.15) is 5.03 Å². The number of nitrogen functional groups attached to an aromatic ring is 1. The third-order valence-corrected chi connectivity index (χ3v) is 2.59. The Bertz CT molecular complexity index is 399. The van der Waals surface area contributed by atoms with Crippen LogP contribution < -0.4 is 5.73 Å². The van der Waals surface area contributed by atoms with E-state index in [4.69, 9.17) is 5.73 Å². The molecule has 0 aliphatic heterocycles. The SMILES string of the molecule is Nc1ccc(Sc2cccnn2)cc1. The van der Waals surface area contributed by atoms with Crippen molar-refractivity contribution in [2.24, 2.45) is 0 Å². The number of benzene rings is 1. The van der Waals surface area contributed by atoms with Gasteiger partial charge in [-0.1, -0.05) is 11.8 Å². The summed E-state index contributed by atoms with van der Waals surface area (Å²) in [6.07, 6.45) is 1.66. The van der Waals surface area contributed by atoms with Crippen LogP contribution >= 0.6 is 11.8 Å². The second-order valence-corrected chi connectivity index (χ2v) is 3.83. The summed E-state index contributed by atoms with van der Waals surface area (Å²) in [5, 5.41) is 8.67. The fraction of sp³-hybridized carbons (Fsp3) is 0. The monoisotopic (exact) mass is 203 g/mol. The van der Waals surface area contributed by atoms with E-state index in [9.17, 15) is 0 Å². The molecule has 70 valence electrons. The van der Waals surface area contributed by atoms with Gasteiger partial charge in [-0.05, 0) is 36.4 Å². The van der Waals surface area contributed by atoms with Gasteiger partial charge in [0.15, 0.2) is 0 Å². The van der Waals surface area contributed by atoms with Crippen LogP contribution in [0.3, 0.4) is 0 Å². The van der Waals surface area contributed by atoms with Gasteiger partial charge in [-0.2, -0.15) is 5.10 Å². The first kappa shape index (κ1) is 9.02. The predicted octanol–water partition coefficient (Wildman–Crippen LogP) is 2.21. The highest BCUT2D eigenvalue weighted by molar-refractivity contribution is 7.99. The molecule has 0 aliphatic rings. The molecule has 0 radical (unpaired) electrons. The summed E-state index contributed by atoms with van der Waals surface area (Å²) in [7, 11) is 0. The second kappa shape index (κ2) is 4.11. The number of anilines is 1. The quantitative estimate of drug-likeness (QED) is 0.760. The highest BCUT2D eigenvalue weighted by atomic mass is 32.2. The maximum atomic E-state index is 5.58. The first-order valence-electron chi connectivity index (χ1n) is 4.16. The average molecular weight is 203 g/mol. The van der Waals surface area contributed by atoms with Crippen LogP contribution in [0.4, 0.5) is 5.69 Å². The van der Waals surface area contributed by atoms with E-state index in [0.717, 1.165) is 15.6 Å². The van der Waals surface area contributed by atoms with Crippen molar-refractivity contribution >= 4 is 17.4 Å². The van der Waals surface area contributed by atoms with Gasteiger partial charge in [-0.3, -0.25) is 0 Å². The number of rotatable bonds is 2. The normalized spacial score (nSPS) is 10.0. The molecular formula is C10H9N3S. The predicted molar refractivity (Wildman–Crippen MR) is 57.0 cm³/mol. The van der Waals surface area contributed by atoms with Gasteiger partial charge in [0.2, 0.25) is 0 Å². The third kappa shape index (κ3) is 2.23. The van der Waals surface area contributed by atoms with E-state index in [2.05, 4.69) is 10.2 Å². The number of hydrogen-bond donors (Lipinski definition) is 1. The van der Waals surface area contributed by atoms with Gasteiger partial charge in [-0.25, -0.2) is 0 Å². The molecule has 0 unspecified atom stereocenters. The zero-order valence-electron chi connectivity index (χ0n) is 7.42. The van der Waals surface area contributed by atoms with Gasteiger partial charge in [0, 0.05) is 16.8 Å². The van der Waals surface area contributed by atoms with Crippen LogP contribution in [0, 0.1) is 0 Å². The molecule has 0 atom stereocenters. The number of aromatic nitrogens is 2. The fourth-order valence-electron chi connectivity index (χ4n) is 0.998. The van der Waals surface area contributed by atoms with E-state index in [0.29, 0.717) is 0 Å². The summed E-state index contributed by atoms with van der Waals surface area (Å²) in [6.45, 7) is 0. The zero-order valence-corrected chi connectivity index (χ0v) is 8.24. The van der Waals surface area contributed by atoms with Gasteiger partial charge >= 0.3 is 0 Å². The lowest BCUT2D eigenvalue weighted by Gasteiger charge is -1.99. The molecular weight excluding hydrogens is 194 g/mol. The van der Waals surface area contributed by atoms with Gasteiger partial charge in [0.25, 0.3) is 0 Å². The van der Waals surface area contributed by atoms with Crippen LogP contribution in [0.1, 0.15) is 0 Å². The Morgan fingerprint density at radius 3 is 2.50 bits per heavy atom. The molecule has 0 saturated heterocycles. The van der Waals surface area contributed by atoms with Crippen LogP contribution in [0.25, 0.3) is 0 Å². The Balaban J connectivity index is 2.16. The van der Waals surface area contributed by atoms with Crippen molar-refractivity contribution in [2.45, 2.75) is 9.92 Å². The lowest BCUT2D eigenvalue weighted by Crippen LogP contribution is -1.84. The average Bonchev–Trinajstić information content (AvgIpc) is 2.23. The van der Waals surface area contributed by atoms with E-state index in [1.54, 1.807) is 18.0 Å². The summed E-state index contributed by atoms with van der Waals surface area (Å²) in [5.74, 6) is 0. The molecule has 0 bridgehead atoms. The first-order chi connectivity index (χ1) is 6.84. The first-order valence-corrected chi connectivity index (χ1v) is 4.97. The van der Waals surface area contributed by atoms with Crippen molar-refractivity contribution in [1.82, 2.24) is 10.2 Å². The summed E-state index contributed by atoms with van der Waals surface area (Å²) in [6, 6.07) is 11.5. The van der Waals surface area contributed by atoms with Crippen molar-refractivity contribution in [3.63, 3.8) is 0 Å². The summed E-state index contributed by atoms with van der Waals surface area (Å²) < 4.78 is 0. The van der Waals surface area contributed by atoms with Crippen molar-refractivity contribution in [2.75, 3.05) is 5.73 Å². The van der Waals surface area contributed by atoms with Crippen molar-refractivity contribution in [3.05, 3.63) is 42.6 Å². The molecule has 1 aromatic heterocycles. The van der Waals surface area contributed by atoms with Gasteiger partial charge in [-0.15, -0.1) is 5.10 Å². The third-order valence-electron chi connectivity index (χ3n) is 1.65. The summed E-state index contributed by atoms with van der Waals surface area (Å²) in [4.78, 5) is 1.11. The smallest absolute Gasteiger partial charge is 0.124 e. The Hall–Kier alpha value is -1.55. The standard InChI is InChI=1S/C10H9N3S/c11-8-3-5-9(6-4-8)14-10-2-1-7-12-13-10/h1-7H,11H2. The van der Waals surface area contributed by atoms with Crippen molar-refractivity contribution < 1.29 is 0 Å². The van der Waals surface area contributed by atoms with E-state index in [-0.39, 0.29) is 0 Å². The molecule has 2 N–H and O–H groups in total. The Labute approximate surface area is 86.4 Å². The molecule has 14 heavy (non-hydrogen) atoms. The molecule has 0 amide bonds. The van der Waals surface area contributed by atoms with E-state index >= 15 is 0 Å². The van der Waals surface area contributed by atoms with E-state index in [1.165, 1.54) is 0 Å². The minimum absolute atomic E-state index is 0.772. The maximum absolute atomic E-state index is 5.58. The molecule has 0 saturated carbocycles. The number of nitrogens with zero attached hydrogens (tertiary/aromatic N) is 2. The lowest BCUT2D eigenvalue weighted by molar-refractivity contribution is 0.929. The molecule has 2 rings (SSSR count). The largest absolute Gasteiger partial charge is 0.399 e. The van der Waals surface area contributed by atoms with Crippen molar-refractivity contribution in [3.8, 4) is 0 Å². The second-order valence-electron chi connectivity index (χ2n) is 2.73. The summed E-state index contributed by atoms with van der Waals surface area (Å²) in [5.41, 5.74) is 6.35. The Kier molecular flexibility index (Phi) is 2.65. The summed E-state index contributed by atoms with van der Waals surface area (Å²) >= 11 is 1.57. The molecule has 2 aromatic rings. The Morgan fingerprint density at radius 1 is 1.07 bits per heavy atom. The molecule has 1 aromatic carbocycles. The minimum Gasteiger partial charge on any atom is -0.399 e. The fourth-order valence-corrected chi connectivity index (χ4v) is 1.75. The molecule has 0 fully saturated rings. The molecule has 1 heterocycles. The van der Waals surface area contributed by atoms with Crippen LogP contribution in [-0.4, -0.2) is 10.2 Å². The van der Waals surface area contributed by atoms with Gasteiger partial charge < -0.3 is 5.73 Å². The highest BCUT2D eigenvalue weighted by Crippen LogP contribution is 2.25. The molecule has 3 nitrogen and oxygen atoms in total. The topological polar surface area (TPSA) is 51.8 Å². The zero-order chi connectivity index (χ0) is 9.80. The Morgan fingerprint density at radius 2 is 1.86 bits per heavy atom. The maximum Gasteiger partial charge on any atom is 0.124 e. The van der Waals surface area contributed by atoms with Crippen molar-refractivity contribution in [1.29, 1.82) is 0 Å². The van der Waals surface area contributed by atoms with Crippen LogP contribution in [-0.2, 0) is 0 Å². The molecule has 4 heteroatoms. The number of hydrogen-bond acceptors (Lipinski definition) is 4.